The first-order chi connectivity index (χ1) is 14.6. The largest absolute Gasteiger partial charge is 0.497 e. The van der Waals surface area contributed by atoms with E-state index in [-0.39, 0.29) is 4.90 Å². The van der Waals surface area contributed by atoms with E-state index in [1.165, 1.54) is 12.1 Å². The summed E-state index contributed by atoms with van der Waals surface area (Å²) in [6.45, 7) is 4.11. The van der Waals surface area contributed by atoms with E-state index in [9.17, 15) is 13.2 Å². The zero-order valence-electron chi connectivity index (χ0n) is 17.9. The summed E-state index contributed by atoms with van der Waals surface area (Å²) >= 11 is 0. The lowest BCUT2D eigenvalue weighted by Crippen LogP contribution is -2.15. The zero-order chi connectivity index (χ0) is 22.8. The van der Waals surface area contributed by atoms with Gasteiger partial charge in [-0.15, -0.1) is 0 Å². The highest BCUT2D eigenvalue weighted by Gasteiger charge is 2.19. The van der Waals surface area contributed by atoms with Crippen LogP contribution in [0, 0.1) is 13.8 Å². The normalized spacial score (nSPS) is 11.2. The Balaban J connectivity index is 1.92. The second-order valence-electron chi connectivity index (χ2n) is 7.39. The number of aryl methyl sites for hydroxylation is 2. The quantitative estimate of drug-likeness (QED) is 0.579. The molecule has 162 valence electrons. The number of anilines is 2. The van der Waals surface area contributed by atoms with E-state index < -0.39 is 21.6 Å². The molecule has 0 aromatic heterocycles. The number of hydrogen-bond donors (Lipinski definition) is 1. The third-order valence-corrected chi connectivity index (χ3v) is 6.78. The maximum Gasteiger partial charge on any atom is 0.319 e. The summed E-state index contributed by atoms with van der Waals surface area (Å²) in [6, 6.07) is 18.3. The fraction of sp³-hybridized carbons (Fsp3) is 0.208. The van der Waals surface area contributed by atoms with Gasteiger partial charge in [-0.1, -0.05) is 12.1 Å². The van der Waals surface area contributed by atoms with E-state index >= 15 is 0 Å². The average Bonchev–Trinajstić information content (AvgIpc) is 2.72. The summed E-state index contributed by atoms with van der Waals surface area (Å²) in [7, 11) is -0.302. The van der Waals surface area contributed by atoms with Gasteiger partial charge in [0.05, 0.1) is 12.0 Å². The number of carboxylic acids is 1. The molecular weight excluding hydrogens is 414 g/mol. The Morgan fingerprint density at radius 2 is 1.58 bits per heavy atom. The Kier molecular flexibility index (Phi) is 6.36. The molecular formula is C24H25NO5S. The molecule has 0 unspecified atom stereocenters. The highest BCUT2D eigenvalue weighted by molar-refractivity contribution is 7.92. The van der Waals surface area contributed by atoms with Gasteiger partial charge in [0.1, 0.15) is 5.75 Å². The highest BCUT2D eigenvalue weighted by atomic mass is 32.2. The van der Waals surface area contributed by atoms with Crippen LogP contribution in [0.15, 0.2) is 65.6 Å². The molecule has 3 aromatic carbocycles. The van der Waals surface area contributed by atoms with E-state index in [4.69, 9.17) is 9.84 Å². The first-order valence-electron chi connectivity index (χ1n) is 9.66. The number of carboxylic acid groups (broad SMARTS) is 1. The van der Waals surface area contributed by atoms with Crippen molar-refractivity contribution in [2.24, 2.45) is 0 Å². The average molecular weight is 440 g/mol. The fourth-order valence-corrected chi connectivity index (χ4v) is 4.68. The number of ether oxygens (including phenoxy) is 1. The number of rotatable bonds is 7. The predicted molar refractivity (Wildman–Crippen MR) is 122 cm³/mol. The number of nitrogens with zero attached hydrogens (tertiary/aromatic N) is 1. The van der Waals surface area contributed by atoms with Crippen molar-refractivity contribution in [1.29, 1.82) is 0 Å². The smallest absolute Gasteiger partial charge is 0.319 e. The summed E-state index contributed by atoms with van der Waals surface area (Å²) in [5.41, 5.74) is 6.17. The molecule has 0 radical (unpaired) electrons. The molecule has 1 N–H and O–H groups in total. The van der Waals surface area contributed by atoms with Crippen LogP contribution < -0.4 is 9.64 Å². The standard InChI is InChI=1S/C24H25NO5S/c1-16-12-21(30-4)13-17(2)24(16)18-6-5-7-20(14-18)25(3)19-8-10-22(11-9-19)31(28,29)15-23(26)27/h5-14H,15H2,1-4H3,(H,26,27). The molecule has 0 aliphatic heterocycles. The molecule has 0 aliphatic rings. The van der Waals surface area contributed by atoms with Crippen LogP contribution in [0.3, 0.4) is 0 Å². The number of carbonyl (C=O) groups is 1. The lowest BCUT2D eigenvalue weighted by Gasteiger charge is -2.21. The van der Waals surface area contributed by atoms with Crippen LogP contribution >= 0.6 is 0 Å². The number of hydrogen-bond acceptors (Lipinski definition) is 5. The van der Waals surface area contributed by atoms with Crippen LogP contribution in [0.4, 0.5) is 11.4 Å². The molecule has 0 amide bonds. The molecule has 0 aliphatic carbocycles. The molecule has 31 heavy (non-hydrogen) atoms. The van der Waals surface area contributed by atoms with Crippen LogP contribution in [0.2, 0.25) is 0 Å². The van der Waals surface area contributed by atoms with Crippen LogP contribution in [0.5, 0.6) is 5.75 Å². The molecule has 0 spiro atoms. The molecule has 7 heteroatoms. The van der Waals surface area contributed by atoms with Gasteiger partial charge in [-0.05, 0) is 84.6 Å². The number of benzene rings is 3. The van der Waals surface area contributed by atoms with Gasteiger partial charge in [-0.25, -0.2) is 8.42 Å². The van der Waals surface area contributed by atoms with E-state index in [1.807, 2.05) is 36.2 Å². The molecule has 0 bridgehead atoms. The molecule has 0 atom stereocenters. The SMILES string of the molecule is COc1cc(C)c(-c2cccc(N(C)c3ccc(S(=O)(=O)CC(=O)O)cc3)c2)c(C)c1. The molecule has 0 heterocycles. The lowest BCUT2D eigenvalue weighted by atomic mass is 9.95. The first kappa shape index (κ1) is 22.4. The topological polar surface area (TPSA) is 83.9 Å². The van der Waals surface area contributed by atoms with Crippen molar-refractivity contribution in [3.8, 4) is 16.9 Å². The molecule has 0 saturated heterocycles. The minimum absolute atomic E-state index is 0.00900. The Morgan fingerprint density at radius 3 is 2.13 bits per heavy atom. The first-order valence-corrected chi connectivity index (χ1v) is 11.3. The van der Waals surface area contributed by atoms with Crippen molar-refractivity contribution in [2.45, 2.75) is 18.7 Å². The molecule has 3 aromatic rings. The third kappa shape index (κ3) is 4.88. The van der Waals surface area contributed by atoms with E-state index in [2.05, 4.69) is 26.0 Å². The van der Waals surface area contributed by atoms with Gasteiger partial charge in [0.15, 0.2) is 15.6 Å². The Bertz CT molecular complexity index is 1190. The number of aliphatic carboxylic acids is 1. The minimum Gasteiger partial charge on any atom is -0.497 e. The van der Waals surface area contributed by atoms with Gasteiger partial charge < -0.3 is 14.7 Å². The maximum atomic E-state index is 12.1. The molecule has 6 nitrogen and oxygen atoms in total. The van der Waals surface area contributed by atoms with Crippen molar-refractivity contribution >= 4 is 27.2 Å². The van der Waals surface area contributed by atoms with E-state index in [0.717, 1.165) is 39.4 Å². The van der Waals surface area contributed by atoms with Gasteiger partial charge in [0.25, 0.3) is 0 Å². The van der Waals surface area contributed by atoms with E-state index in [1.54, 1.807) is 19.2 Å². The van der Waals surface area contributed by atoms with Crippen molar-refractivity contribution in [3.05, 3.63) is 71.8 Å². The molecule has 3 rings (SSSR count). The van der Waals surface area contributed by atoms with Gasteiger partial charge in [0.2, 0.25) is 0 Å². The maximum absolute atomic E-state index is 12.1. The zero-order valence-corrected chi connectivity index (χ0v) is 18.7. The van der Waals surface area contributed by atoms with Crippen LogP contribution in [-0.2, 0) is 14.6 Å². The van der Waals surface area contributed by atoms with Crippen molar-refractivity contribution in [2.75, 3.05) is 24.8 Å². The summed E-state index contributed by atoms with van der Waals surface area (Å²) in [4.78, 5) is 12.7. The van der Waals surface area contributed by atoms with Crippen molar-refractivity contribution < 1.29 is 23.1 Å². The number of sulfone groups is 1. The lowest BCUT2D eigenvalue weighted by molar-refractivity contribution is -0.134. The number of methoxy groups -OCH3 is 1. The van der Waals surface area contributed by atoms with Gasteiger partial charge in [-0.3, -0.25) is 4.79 Å². The summed E-state index contributed by atoms with van der Waals surface area (Å²) in [5, 5.41) is 8.80. The van der Waals surface area contributed by atoms with Gasteiger partial charge in [-0.2, -0.15) is 0 Å². The van der Waals surface area contributed by atoms with Crippen molar-refractivity contribution in [3.63, 3.8) is 0 Å². The predicted octanol–water partition coefficient (Wildman–Crippen LogP) is 4.61. The van der Waals surface area contributed by atoms with Gasteiger partial charge in [0, 0.05) is 18.4 Å². The second-order valence-corrected chi connectivity index (χ2v) is 9.38. The Hall–Kier alpha value is -3.32. The molecule has 0 fully saturated rings. The Morgan fingerprint density at radius 1 is 0.968 bits per heavy atom. The van der Waals surface area contributed by atoms with E-state index in [0.29, 0.717) is 0 Å². The third-order valence-electron chi connectivity index (χ3n) is 5.16. The highest BCUT2D eigenvalue weighted by Crippen LogP contribution is 2.34. The van der Waals surface area contributed by atoms with Gasteiger partial charge >= 0.3 is 5.97 Å². The Labute approximate surface area is 182 Å². The molecule has 0 saturated carbocycles. The monoisotopic (exact) mass is 439 g/mol. The van der Waals surface area contributed by atoms with Crippen molar-refractivity contribution in [1.82, 2.24) is 0 Å². The summed E-state index contributed by atoms with van der Waals surface area (Å²) in [5.74, 6) is -1.47. The summed E-state index contributed by atoms with van der Waals surface area (Å²) < 4.78 is 29.6. The van der Waals surface area contributed by atoms with Crippen LogP contribution in [0.25, 0.3) is 11.1 Å². The van der Waals surface area contributed by atoms with Crippen LogP contribution in [0.1, 0.15) is 11.1 Å². The second kappa shape index (κ2) is 8.81. The summed E-state index contributed by atoms with van der Waals surface area (Å²) in [6.07, 6.45) is 0. The minimum atomic E-state index is -3.85. The fourth-order valence-electron chi connectivity index (χ4n) is 3.64. The van der Waals surface area contributed by atoms with Crippen LogP contribution in [-0.4, -0.2) is 39.4 Å².